The summed E-state index contributed by atoms with van der Waals surface area (Å²) in [5, 5.41) is 0. The molecule has 3 aliphatic heterocycles. The van der Waals surface area contributed by atoms with E-state index in [1.54, 1.807) is 0 Å². The molecule has 1 saturated heterocycles. The van der Waals surface area contributed by atoms with Crippen LogP contribution in [0.1, 0.15) is 61.3 Å². The number of rotatable bonds is 1. The van der Waals surface area contributed by atoms with Gasteiger partial charge in [0, 0.05) is 11.5 Å². The molecule has 0 aromatic heterocycles. The van der Waals surface area contributed by atoms with Gasteiger partial charge in [-0.2, -0.15) is 0 Å². The molecule has 25 heavy (non-hydrogen) atoms. The average Bonchev–Trinajstić information content (AvgIpc) is 2.59. The first-order chi connectivity index (χ1) is 11.6. The average molecular weight is 348 g/mol. The Morgan fingerprint density at radius 3 is 2.44 bits per heavy atom. The highest BCUT2D eigenvalue weighted by atomic mass is 16.6. The molecule has 0 aliphatic carbocycles. The van der Waals surface area contributed by atoms with Crippen LogP contribution in [0.25, 0.3) is 0 Å². The molecule has 3 heterocycles. The summed E-state index contributed by atoms with van der Waals surface area (Å²) in [7, 11) is 0. The molecule has 1 fully saturated rings. The highest BCUT2D eigenvalue weighted by molar-refractivity contribution is 5.96. The Labute approximate surface area is 151 Å². The smallest absolute Gasteiger partial charge is 0.309 e. The molecule has 7 atom stereocenters. The van der Waals surface area contributed by atoms with Crippen LogP contribution in [0, 0.1) is 23.7 Å². The van der Waals surface area contributed by atoms with Crippen molar-refractivity contribution in [2.75, 3.05) is 0 Å². The van der Waals surface area contributed by atoms with Crippen LogP contribution in [0.5, 0.6) is 0 Å². The lowest BCUT2D eigenvalue weighted by Gasteiger charge is -2.48. The van der Waals surface area contributed by atoms with Gasteiger partial charge in [-0.05, 0) is 44.6 Å². The van der Waals surface area contributed by atoms with E-state index >= 15 is 0 Å². The van der Waals surface area contributed by atoms with Crippen LogP contribution in [0.3, 0.4) is 0 Å². The van der Waals surface area contributed by atoms with Gasteiger partial charge in [-0.25, -0.2) is 0 Å². The molecule has 0 N–H and O–H groups in total. The van der Waals surface area contributed by atoms with Gasteiger partial charge in [-0.15, -0.1) is 5.73 Å². The van der Waals surface area contributed by atoms with Crippen LogP contribution in [-0.2, 0) is 19.1 Å². The summed E-state index contributed by atoms with van der Waals surface area (Å²) in [5.41, 5.74) is 3.51. The molecule has 3 rings (SSSR count). The largest absolute Gasteiger partial charge is 0.457 e. The van der Waals surface area contributed by atoms with Crippen LogP contribution >= 0.6 is 0 Å². The van der Waals surface area contributed by atoms with E-state index in [4.69, 9.17) is 9.47 Å². The number of hydrogen-bond acceptors (Lipinski definition) is 4. The van der Waals surface area contributed by atoms with Crippen molar-refractivity contribution in [2.24, 2.45) is 23.7 Å². The van der Waals surface area contributed by atoms with Gasteiger partial charge in [-0.3, -0.25) is 9.59 Å². The van der Waals surface area contributed by atoms with Gasteiger partial charge in [-0.1, -0.05) is 34.6 Å². The van der Waals surface area contributed by atoms with Gasteiger partial charge in [0.2, 0.25) is 0 Å². The molecule has 3 aliphatic rings. The van der Waals surface area contributed by atoms with E-state index in [1.807, 2.05) is 40.7 Å². The molecular formula is C21H32O4. The Morgan fingerprint density at radius 2 is 1.88 bits per heavy atom. The number of Topliss-reactive ketones (excluding diaryl/α,β-unsaturated/α-hetero) is 1. The molecule has 7 unspecified atom stereocenters. The highest BCUT2D eigenvalue weighted by Gasteiger charge is 2.55. The number of hydrogen-bond donors (Lipinski definition) is 0. The SMILES string of the molecule is CCC1OC(=O)C(C)C(C)C2OC(C)(CC(C)C(C)C=C=C1C)C2=O. The summed E-state index contributed by atoms with van der Waals surface area (Å²) in [6, 6.07) is 0. The van der Waals surface area contributed by atoms with E-state index in [2.05, 4.69) is 19.6 Å². The Morgan fingerprint density at radius 1 is 1.24 bits per heavy atom. The second-order valence-corrected chi connectivity index (χ2v) is 8.15. The zero-order valence-corrected chi connectivity index (χ0v) is 16.6. The first-order valence-corrected chi connectivity index (χ1v) is 9.46. The normalized spacial score (nSPS) is 42.9. The van der Waals surface area contributed by atoms with Gasteiger partial charge >= 0.3 is 5.97 Å². The maximum atomic E-state index is 12.7. The molecule has 140 valence electrons. The van der Waals surface area contributed by atoms with Crippen LogP contribution in [0.15, 0.2) is 17.4 Å². The van der Waals surface area contributed by atoms with Gasteiger partial charge in [0.1, 0.15) is 17.8 Å². The van der Waals surface area contributed by atoms with Gasteiger partial charge in [0.05, 0.1) is 5.92 Å². The summed E-state index contributed by atoms with van der Waals surface area (Å²) < 4.78 is 11.7. The Hall–Kier alpha value is -1.38. The minimum Gasteiger partial charge on any atom is -0.457 e. The van der Waals surface area contributed by atoms with Crippen molar-refractivity contribution in [3.63, 3.8) is 0 Å². The minimum atomic E-state index is -0.737. The molecule has 0 amide bonds. The van der Waals surface area contributed by atoms with Crippen LogP contribution in [-0.4, -0.2) is 29.6 Å². The Balaban J connectivity index is 2.37. The maximum absolute atomic E-state index is 12.7. The highest BCUT2D eigenvalue weighted by Crippen LogP contribution is 2.41. The number of carbonyl (C=O) groups excluding carboxylic acids is 2. The fourth-order valence-corrected chi connectivity index (χ4v) is 3.65. The third-order valence-electron chi connectivity index (χ3n) is 6.10. The van der Waals surface area contributed by atoms with Crippen molar-refractivity contribution in [1.82, 2.24) is 0 Å². The first-order valence-electron chi connectivity index (χ1n) is 9.46. The van der Waals surface area contributed by atoms with E-state index in [0.29, 0.717) is 18.8 Å². The minimum absolute atomic E-state index is 0.110. The Kier molecular flexibility index (Phi) is 5.96. The van der Waals surface area contributed by atoms with E-state index < -0.39 is 11.7 Å². The monoisotopic (exact) mass is 348 g/mol. The van der Waals surface area contributed by atoms with Crippen LogP contribution < -0.4 is 0 Å². The van der Waals surface area contributed by atoms with E-state index in [-0.39, 0.29) is 35.6 Å². The molecule has 0 radical (unpaired) electrons. The van der Waals surface area contributed by atoms with Crippen molar-refractivity contribution < 1.29 is 19.1 Å². The summed E-state index contributed by atoms with van der Waals surface area (Å²) in [4.78, 5) is 25.3. The standard InChI is InChI=1S/C21H32O4/c1-8-17-13(3)10-9-12(2)14(4)11-21(7)19(22)18(25-21)15(5)16(6)20(23)24-17/h9,12,14-18H,8,11H2,1-7H3. The van der Waals surface area contributed by atoms with Crippen molar-refractivity contribution in [3.8, 4) is 0 Å². The molecule has 4 nitrogen and oxygen atoms in total. The molecule has 0 aromatic rings. The van der Waals surface area contributed by atoms with E-state index in [1.165, 1.54) is 0 Å². The number of carbonyl (C=O) groups is 2. The fourth-order valence-electron chi connectivity index (χ4n) is 3.65. The van der Waals surface area contributed by atoms with Crippen molar-refractivity contribution in [3.05, 3.63) is 17.4 Å². The summed E-state index contributed by atoms with van der Waals surface area (Å²) in [5.74, 6) is -0.185. The van der Waals surface area contributed by atoms with Gasteiger partial charge in [0.25, 0.3) is 0 Å². The predicted octanol–water partition coefficient (Wildman–Crippen LogP) is 4.08. The first kappa shape index (κ1) is 19.9. The lowest BCUT2D eigenvalue weighted by molar-refractivity contribution is -0.214. The molecule has 0 saturated carbocycles. The van der Waals surface area contributed by atoms with Gasteiger partial charge < -0.3 is 9.47 Å². The quantitative estimate of drug-likeness (QED) is 0.529. The maximum Gasteiger partial charge on any atom is 0.309 e. The van der Waals surface area contributed by atoms with Crippen molar-refractivity contribution >= 4 is 11.8 Å². The lowest BCUT2D eigenvalue weighted by Crippen LogP contribution is -2.63. The molecule has 4 heteroatoms. The summed E-state index contributed by atoms with van der Waals surface area (Å²) in [6.45, 7) is 13.8. The number of fused-ring (bicyclic) bond motifs is 8. The van der Waals surface area contributed by atoms with Crippen molar-refractivity contribution in [2.45, 2.75) is 79.1 Å². The summed E-state index contributed by atoms with van der Waals surface area (Å²) in [6.07, 6.45) is 2.64. The third kappa shape index (κ3) is 3.91. The molecule has 2 bridgehead atoms. The second kappa shape index (κ2) is 7.47. The number of ether oxygens (including phenoxy) is 2. The summed E-state index contributed by atoms with van der Waals surface area (Å²) >= 11 is 0. The van der Waals surface area contributed by atoms with Gasteiger partial charge in [0.15, 0.2) is 5.78 Å². The zero-order chi connectivity index (χ0) is 18.9. The number of esters is 1. The van der Waals surface area contributed by atoms with Crippen LogP contribution in [0.2, 0.25) is 0 Å². The molecule has 0 aromatic carbocycles. The zero-order valence-electron chi connectivity index (χ0n) is 16.6. The van der Waals surface area contributed by atoms with E-state index in [9.17, 15) is 9.59 Å². The topological polar surface area (TPSA) is 52.6 Å². The fraction of sp³-hybridized carbons (Fsp3) is 0.762. The predicted molar refractivity (Wildman–Crippen MR) is 97.0 cm³/mol. The number of ketones is 1. The Bertz CT molecular complexity index is 601. The molecule has 0 spiro atoms. The third-order valence-corrected chi connectivity index (χ3v) is 6.10. The van der Waals surface area contributed by atoms with Crippen LogP contribution in [0.4, 0.5) is 0 Å². The van der Waals surface area contributed by atoms with E-state index in [0.717, 1.165) is 5.57 Å². The molecular weight excluding hydrogens is 316 g/mol. The second-order valence-electron chi connectivity index (χ2n) is 8.15. The lowest BCUT2D eigenvalue weighted by atomic mass is 9.73. The van der Waals surface area contributed by atoms with Crippen molar-refractivity contribution in [1.29, 1.82) is 0 Å².